The number of aliphatic carboxylic acids is 1. The fourth-order valence-electron chi connectivity index (χ4n) is 4.27. The molecule has 1 aromatic carbocycles. The van der Waals surface area contributed by atoms with Gasteiger partial charge in [0.25, 0.3) is 0 Å². The second-order valence-electron chi connectivity index (χ2n) is 9.00. The van der Waals surface area contributed by atoms with Gasteiger partial charge >= 0.3 is 11.6 Å². The minimum atomic E-state index is -1.01. The average Bonchev–Trinajstić information content (AvgIpc) is 3.30. The number of likely N-dealkylation sites (tertiary alicyclic amines) is 1. The number of carboxylic acids is 1. The molecule has 2 aromatic heterocycles. The number of carboxylic acid groups (broad SMARTS) is 1. The smallest absolute Gasteiger partial charge is 0.340 e. The highest BCUT2D eigenvalue weighted by atomic mass is 16.4. The van der Waals surface area contributed by atoms with Gasteiger partial charge in [0.15, 0.2) is 0 Å². The Bertz CT molecular complexity index is 1230. The number of benzene rings is 1. The molecule has 3 aromatic rings. The van der Waals surface area contributed by atoms with Gasteiger partial charge in [0.1, 0.15) is 17.2 Å². The van der Waals surface area contributed by atoms with Crippen LogP contribution in [0.4, 0.5) is 0 Å². The van der Waals surface area contributed by atoms with Crippen molar-refractivity contribution in [1.82, 2.24) is 4.90 Å². The van der Waals surface area contributed by atoms with Crippen molar-refractivity contribution in [3.8, 4) is 0 Å². The van der Waals surface area contributed by atoms with Crippen LogP contribution in [0.2, 0.25) is 0 Å². The number of carbonyl (C=O) groups excluding carboxylic acids is 1. The third kappa shape index (κ3) is 3.28. The van der Waals surface area contributed by atoms with E-state index in [1.807, 2.05) is 6.07 Å². The van der Waals surface area contributed by atoms with E-state index in [1.165, 1.54) is 4.90 Å². The molecular formula is C23H25NO6. The Labute approximate surface area is 173 Å². The number of hydrogen-bond acceptors (Lipinski definition) is 5. The van der Waals surface area contributed by atoms with E-state index in [0.29, 0.717) is 36.1 Å². The zero-order chi connectivity index (χ0) is 21.8. The zero-order valence-electron chi connectivity index (χ0n) is 17.6. The van der Waals surface area contributed by atoms with Crippen LogP contribution >= 0.6 is 0 Å². The highest BCUT2D eigenvalue weighted by molar-refractivity contribution is 5.97. The molecule has 0 unspecified atom stereocenters. The van der Waals surface area contributed by atoms with E-state index < -0.39 is 17.6 Å². The molecule has 0 saturated carbocycles. The maximum atomic E-state index is 12.8. The number of carbonyl (C=O) groups is 2. The van der Waals surface area contributed by atoms with Gasteiger partial charge < -0.3 is 18.8 Å². The minimum absolute atomic E-state index is 0.122. The van der Waals surface area contributed by atoms with E-state index in [2.05, 4.69) is 20.8 Å². The molecule has 3 heterocycles. The summed E-state index contributed by atoms with van der Waals surface area (Å²) in [6.45, 7) is 8.47. The minimum Gasteiger partial charge on any atom is -0.480 e. The van der Waals surface area contributed by atoms with Crippen molar-refractivity contribution >= 4 is 33.8 Å². The van der Waals surface area contributed by atoms with Crippen LogP contribution in [0.15, 0.2) is 32.0 Å². The zero-order valence-corrected chi connectivity index (χ0v) is 17.6. The van der Waals surface area contributed by atoms with Crippen molar-refractivity contribution in [2.45, 2.75) is 58.4 Å². The van der Waals surface area contributed by atoms with E-state index in [9.17, 15) is 19.5 Å². The first-order valence-corrected chi connectivity index (χ1v) is 10.1. The quantitative estimate of drug-likeness (QED) is 0.659. The van der Waals surface area contributed by atoms with Crippen LogP contribution in [0, 0.1) is 6.92 Å². The number of furan rings is 1. The molecule has 158 valence electrons. The Balaban J connectivity index is 1.79. The average molecular weight is 411 g/mol. The highest BCUT2D eigenvalue weighted by Gasteiger charge is 2.34. The molecule has 1 N–H and O–H groups in total. The monoisotopic (exact) mass is 411 g/mol. The van der Waals surface area contributed by atoms with E-state index in [0.717, 1.165) is 16.3 Å². The van der Waals surface area contributed by atoms with Crippen LogP contribution in [0.3, 0.4) is 0 Å². The summed E-state index contributed by atoms with van der Waals surface area (Å²) in [6.07, 6.45) is 2.62. The van der Waals surface area contributed by atoms with Gasteiger partial charge in [-0.15, -0.1) is 0 Å². The molecule has 1 aliphatic rings. The molecule has 0 spiro atoms. The maximum Gasteiger partial charge on any atom is 0.340 e. The molecule has 4 rings (SSSR count). The van der Waals surface area contributed by atoms with E-state index in [1.54, 1.807) is 19.3 Å². The lowest BCUT2D eigenvalue weighted by molar-refractivity contribution is -0.148. The summed E-state index contributed by atoms with van der Waals surface area (Å²) in [5.41, 5.74) is 2.32. The number of aryl methyl sites for hydroxylation is 1. The van der Waals surface area contributed by atoms with Crippen LogP contribution < -0.4 is 5.63 Å². The van der Waals surface area contributed by atoms with Gasteiger partial charge in [0.2, 0.25) is 5.91 Å². The molecule has 1 atom stereocenters. The van der Waals surface area contributed by atoms with Gasteiger partial charge in [-0.1, -0.05) is 20.8 Å². The fraction of sp³-hybridized carbons (Fsp3) is 0.435. The second-order valence-corrected chi connectivity index (χ2v) is 9.00. The van der Waals surface area contributed by atoms with E-state index >= 15 is 0 Å². The number of hydrogen-bond donors (Lipinski definition) is 1. The molecule has 30 heavy (non-hydrogen) atoms. The number of rotatable bonds is 3. The van der Waals surface area contributed by atoms with Gasteiger partial charge in [-0.25, -0.2) is 9.59 Å². The lowest BCUT2D eigenvalue weighted by Gasteiger charge is -2.21. The molecular weight excluding hydrogens is 386 g/mol. The van der Waals surface area contributed by atoms with Crippen LogP contribution in [-0.2, 0) is 21.4 Å². The Morgan fingerprint density at radius 3 is 2.60 bits per heavy atom. The number of nitrogens with zero attached hydrogens (tertiary/aromatic N) is 1. The summed E-state index contributed by atoms with van der Waals surface area (Å²) < 4.78 is 11.2. The predicted octanol–water partition coefficient (Wildman–Crippen LogP) is 3.76. The van der Waals surface area contributed by atoms with Gasteiger partial charge in [-0.2, -0.15) is 0 Å². The molecule has 0 radical (unpaired) electrons. The summed E-state index contributed by atoms with van der Waals surface area (Å²) in [5, 5.41) is 11.0. The Kier molecular flexibility index (Phi) is 4.71. The Morgan fingerprint density at radius 2 is 1.93 bits per heavy atom. The first-order valence-electron chi connectivity index (χ1n) is 10.1. The van der Waals surface area contributed by atoms with E-state index in [-0.39, 0.29) is 23.3 Å². The lowest BCUT2D eigenvalue weighted by Crippen LogP contribution is -2.41. The van der Waals surface area contributed by atoms with Gasteiger partial charge in [-0.3, -0.25) is 4.79 Å². The molecule has 0 bridgehead atoms. The molecule has 1 amide bonds. The maximum absolute atomic E-state index is 12.8. The first-order chi connectivity index (χ1) is 14.1. The van der Waals surface area contributed by atoms with Crippen LogP contribution in [0.5, 0.6) is 0 Å². The normalized spacial score (nSPS) is 17.2. The summed E-state index contributed by atoms with van der Waals surface area (Å²) in [6, 6.07) is 2.82. The van der Waals surface area contributed by atoms with Crippen molar-refractivity contribution in [2.75, 3.05) is 6.54 Å². The topological polar surface area (TPSA) is 101 Å². The van der Waals surface area contributed by atoms with E-state index in [4.69, 9.17) is 8.83 Å². The molecule has 7 heteroatoms. The molecule has 1 saturated heterocycles. The standard InChI is InChI=1S/C23H25NO6/c1-12-13-8-15-16(23(2,3)4)11-29-18(15)10-19(13)30-22(28)14(12)9-20(25)24-7-5-6-17(24)21(26)27/h8,10-11,17H,5-7,9H2,1-4H3,(H,26,27)/t17-/m1/s1. The SMILES string of the molecule is Cc1c(CC(=O)N2CCC[C@@H]2C(=O)O)c(=O)oc2cc3occ(C(C)(C)C)c3cc12. The van der Waals surface area contributed by atoms with Crippen molar-refractivity contribution in [1.29, 1.82) is 0 Å². The summed E-state index contributed by atoms with van der Waals surface area (Å²) in [7, 11) is 0. The van der Waals surface area contributed by atoms with Crippen LogP contribution in [0.25, 0.3) is 21.9 Å². The van der Waals surface area contributed by atoms with Gasteiger partial charge in [0, 0.05) is 28.9 Å². The Hall–Kier alpha value is -3.09. The van der Waals surface area contributed by atoms with Crippen molar-refractivity contribution in [3.05, 3.63) is 45.5 Å². The lowest BCUT2D eigenvalue weighted by atomic mass is 9.86. The van der Waals surface area contributed by atoms with Gasteiger partial charge in [-0.05, 0) is 36.8 Å². The largest absolute Gasteiger partial charge is 0.480 e. The summed E-state index contributed by atoms with van der Waals surface area (Å²) >= 11 is 0. The molecule has 0 aliphatic carbocycles. The van der Waals surface area contributed by atoms with Crippen molar-refractivity contribution < 1.29 is 23.5 Å². The predicted molar refractivity (Wildman–Crippen MR) is 112 cm³/mol. The van der Waals surface area contributed by atoms with Crippen LogP contribution in [0.1, 0.15) is 50.3 Å². The van der Waals surface area contributed by atoms with Crippen molar-refractivity contribution in [3.63, 3.8) is 0 Å². The highest BCUT2D eigenvalue weighted by Crippen LogP contribution is 2.35. The Morgan fingerprint density at radius 1 is 1.20 bits per heavy atom. The third-order valence-electron chi connectivity index (χ3n) is 5.98. The summed E-state index contributed by atoms with van der Waals surface area (Å²) in [4.78, 5) is 38.2. The van der Waals surface area contributed by atoms with Crippen LogP contribution in [-0.4, -0.2) is 34.5 Å². The van der Waals surface area contributed by atoms with Gasteiger partial charge in [0.05, 0.1) is 18.2 Å². The molecule has 1 fully saturated rings. The fourth-order valence-corrected chi connectivity index (χ4v) is 4.27. The van der Waals surface area contributed by atoms with Crippen molar-refractivity contribution in [2.24, 2.45) is 0 Å². The molecule has 1 aliphatic heterocycles. The number of amides is 1. The molecule has 7 nitrogen and oxygen atoms in total. The third-order valence-corrected chi connectivity index (χ3v) is 5.98. The number of fused-ring (bicyclic) bond motifs is 2. The first kappa shape index (κ1) is 20.2. The second kappa shape index (κ2) is 7.00. The summed E-state index contributed by atoms with van der Waals surface area (Å²) in [5.74, 6) is -1.38.